The molecule has 30 heavy (non-hydrogen) atoms. The summed E-state index contributed by atoms with van der Waals surface area (Å²) < 4.78 is 0.972. The van der Waals surface area contributed by atoms with Gasteiger partial charge in [-0.25, -0.2) is 9.36 Å². The summed E-state index contributed by atoms with van der Waals surface area (Å²) in [6, 6.07) is 19.2. The van der Waals surface area contributed by atoms with Gasteiger partial charge in [0.15, 0.2) is 0 Å². The van der Waals surface area contributed by atoms with E-state index in [1.54, 1.807) is 35.2 Å². The fourth-order valence-corrected chi connectivity index (χ4v) is 4.11. The van der Waals surface area contributed by atoms with Crippen LogP contribution in [0.4, 0.5) is 5.69 Å². The molecule has 0 saturated heterocycles. The van der Waals surface area contributed by atoms with Crippen LogP contribution in [0.3, 0.4) is 0 Å². The van der Waals surface area contributed by atoms with Crippen molar-refractivity contribution in [3.8, 4) is 5.69 Å². The monoisotopic (exact) mass is 417 g/mol. The number of para-hydroxylation sites is 2. The van der Waals surface area contributed by atoms with Crippen LogP contribution in [0.1, 0.15) is 15.9 Å². The van der Waals surface area contributed by atoms with Crippen LogP contribution in [0.25, 0.3) is 16.6 Å². The number of aromatic amines is 1. The first-order chi connectivity index (χ1) is 14.5. The summed E-state index contributed by atoms with van der Waals surface area (Å²) in [7, 11) is 0. The van der Waals surface area contributed by atoms with Crippen molar-refractivity contribution in [2.75, 3.05) is 11.4 Å². The highest BCUT2D eigenvalue weighted by molar-refractivity contribution is 6.32. The fraction of sp³-hybridized carbons (Fsp3) is 0.0870. The van der Waals surface area contributed by atoms with Crippen molar-refractivity contribution in [1.82, 2.24) is 9.55 Å². The maximum Gasteiger partial charge on any atom is 0.333 e. The fourth-order valence-electron chi connectivity index (χ4n) is 3.90. The van der Waals surface area contributed by atoms with E-state index in [1.165, 1.54) is 12.1 Å². The van der Waals surface area contributed by atoms with Crippen LogP contribution in [-0.4, -0.2) is 22.0 Å². The number of rotatable bonds is 2. The number of carbonyl (C=O) groups is 1. The van der Waals surface area contributed by atoms with Gasteiger partial charge in [-0.2, -0.15) is 0 Å². The van der Waals surface area contributed by atoms with Crippen LogP contribution in [0.2, 0.25) is 5.02 Å². The van der Waals surface area contributed by atoms with Gasteiger partial charge in [0, 0.05) is 17.8 Å². The first-order valence-corrected chi connectivity index (χ1v) is 9.86. The van der Waals surface area contributed by atoms with Crippen LogP contribution in [0, 0.1) is 0 Å². The molecule has 1 aromatic heterocycles. The van der Waals surface area contributed by atoms with Crippen LogP contribution >= 0.6 is 11.6 Å². The molecule has 0 spiro atoms. The maximum absolute atomic E-state index is 13.2. The molecule has 6 nitrogen and oxygen atoms in total. The Labute approximate surface area is 176 Å². The number of hydrogen-bond donors (Lipinski definition) is 1. The van der Waals surface area contributed by atoms with E-state index < -0.39 is 11.2 Å². The minimum absolute atomic E-state index is 0.173. The minimum Gasteiger partial charge on any atom is -0.308 e. The third-order valence-corrected chi connectivity index (χ3v) is 5.69. The Bertz CT molecular complexity index is 1440. The molecular formula is C23H16ClN3O3. The number of fused-ring (bicyclic) bond motifs is 2. The number of anilines is 1. The number of halogens is 1. The van der Waals surface area contributed by atoms with E-state index in [-0.39, 0.29) is 16.6 Å². The number of amides is 1. The highest BCUT2D eigenvalue weighted by Crippen LogP contribution is 2.30. The number of carbonyl (C=O) groups excluding carboxylic acids is 1. The normalized spacial score (nSPS) is 12.9. The van der Waals surface area contributed by atoms with Gasteiger partial charge in [0.05, 0.1) is 21.6 Å². The van der Waals surface area contributed by atoms with E-state index in [2.05, 4.69) is 4.98 Å². The van der Waals surface area contributed by atoms with E-state index in [0.29, 0.717) is 23.0 Å². The molecular weight excluding hydrogens is 402 g/mol. The summed E-state index contributed by atoms with van der Waals surface area (Å²) in [5.74, 6) is -0.205. The second kappa shape index (κ2) is 7.00. The molecule has 7 heteroatoms. The van der Waals surface area contributed by atoms with Crippen molar-refractivity contribution in [2.45, 2.75) is 6.42 Å². The average Bonchev–Trinajstić information content (AvgIpc) is 3.19. The standard InChI is InChI=1S/C23H16ClN3O3/c24-17-10-9-15(21(28)26-12-11-14-5-1-4-8-19(14)26)13-20(17)27-22(29)16-6-2-3-7-18(16)25-23(27)30/h1-10,13H,11-12H2,(H,25,30). The number of nitrogens with zero attached hydrogens (tertiary/aromatic N) is 2. The second-order valence-electron chi connectivity index (χ2n) is 7.12. The molecule has 0 unspecified atom stereocenters. The van der Waals surface area contributed by atoms with Gasteiger partial charge in [0.25, 0.3) is 11.5 Å². The first kappa shape index (κ1) is 18.4. The molecule has 1 aliphatic heterocycles. The Morgan fingerprint density at radius 3 is 2.57 bits per heavy atom. The Kier molecular flexibility index (Phi) is 4.29. The average molecular weight is 418 g/mol. The van der Waals surface area contributed by atoms with Crippen molar-refractivity contribution in [2.24, 2.45) is 0 Å². The predicted octanol–water partition coefficient (Wildman–Crippen LogP) is 3.54. The third-order valence-electron chi connectivity index (χ3n) is 5.37. The molecule has 0 aliphatic carbocycles. The number of H-pyrrole nitrogens is 1. The Balaban J connectivity index is 1.64. The zero-order valence-electron chi connectivity index (χ0n) is 15.8. The second-order valence-corrected chi connectivity index (χ2v) is 7.53. The predicted molar refractivity (Wildman–Crippen MR) is 117 cm³/mol. The molecule has 0 fully saturated rings. The van der Waals surface area contributed by atoms with Crippen LogP contribution in [0.15, 0.2) is 76.3 Å². The van der Waals surface area contributed by atoms with Crippen LogP contribution in [-0.2, 0) is 6.42 Å². The molecule has 0 radical (unpaired) electrons. The van der Waals surface area contributed by atoms with Gasteiger partial charge in [-0.3, -0.25) is 9.59 Å². The quantitative estimate of drug-likeness (QED) is 0.542. The number of aromatic nitrogens is 2. The van der Waals surface area contributed by atoms with Gasteiger partial charge in [-0.1, -0.05) is 41.9 Å². The lowest BCUT2D eigenvalue weighted by molar-refractivity contribution is 0.0989. The molecule has 0 saturated carbocycles. The molecule has 5 rings (SSSR count). The highest BCUT2D eigenvalue weighted by Gasteiger charge is 2.26. The van der Waals surface area contributed by atoms with Gasteiger partial charge in [0.1, 0.15) is 0 Å². The van der Waals surface area contributed by atoms with Crippen molar-refractivity contribution in [1.29, 1.82) is 0 Å². The smallest absolute Gasteiger partial charge is 0.308 e. The van der Waals surface area contributed by atoms with E-state index in [4.69, 9.17) is 11.6 Å². The number of hydrogen-bond acceptors (Lipinski definition) is 3. The van der Waals surface area contributed by atoms with Crippen molar-refractivity contribution in [3.05, 3.63) is 104 Å². The SMILES string of the molecule is O=C(c1ccc(Cl)c(-n2c(=O)[nH]c3ccccc3c2=O)c1)N1CCc2ccccc21. The molecule has 2 heterocycles. The largest absolute Gasteiger partial charge is 0.333 e. The van der Waals surface area contributed by atoms with Gasteiger partial charge in [-0.05, 0) is 48.4 Å². The Morgan fingerprint density at radius 1 is 0.933 bits per heavy atom. The summed E-state index contributed by atoms with van der Waals surface area (Å²) in [5, 5.41) is 0.564. The molecule has 0 atom stereocenters. The lowest BCUT2D eigenvalue weighted by Gasteiger charge is -2.18. The van der Waals surface area contributed by atoms with Crippen molar-refractivity contribution >= 4 is 34.1 Å². The van der Waals surface area contributed by atoms with Gasteiger partial charge in [0.2, 0.25) is 0 Å². The lowest BCUT2D eigenvalue weighted by Crippen LogP contribution is -2.34. The third kappa shape index (κ3) is 2.84. The van der Waals surface area contributed by atoms with Gasteiger partial charge in [-0.15, -0.1) is 0 Å². The van der Waals surface area contributed by atoms with E-state index in [9.17, 15) is 14.4 Å². The van der Waals surface area contributed by atoms with Gasteiger partial charge >= 0.3 is 5.69 Å². The molecule has 0 bridgehead atoms. The molecule has 1 N–H and O–H groups in total. The summed E-state index contributed by atoms with van der Waals surface area (Å²) >= 11 is 6.33. The number of nitrogens with one attached hydrogen (secondary N) is 1. The van der Waals surface area contributed by atoms with Crippen molar-refractivity contribution in [3.63, 3.8) is 0 Å². The highest BCUT2D eigenvalue weighted by atomic mass is 35.5. The topological polar surface area (TPSA) is 75.2 Å². The van der Waals surface area contributed by atoms with E-state index in [1.807, 2.05) is 24.3 Å². The Hall–Kier alpha value is -3.64. The first-order valence-electron chi connectivity index (χ1n) is 9.48. The minimum atomic E-state index is -0.614. The molecule has 1 amide bonds. The van der Waals surface area contributed by atoms with E-state index in [0.717, 1.165) is 22.2 Å². The molecule has 1 aliphatic rings. The summed E-state index contributed by atoms with van der Waals surface area (Å²) in [4.78, 5) is 43.2. The number of benzene rings is 3. The molecule has 148 valence electrons. The zero-order chi connectivity index (χ0) is 20.8. The van der Waals surface area contributed by atoms with Crippen LogP contribution < -0.4 is 16.1 Å². The maximum atomic E-state index is 13.2. The van der Waals surface area contributed by atoms with E-state index >= 15 is 0 Å². The van der Waals surface area contributed by atoms with Crippen molar-refractivity contribution < 1.29 is 4.79 Å². The lowest BCUT2D eigenvalue weighted by atomic mass is 10.1. The zero-order valence-corrected chi connectivity index (χ0v) is 16.5. The summed E-state index contributed by atoms with van der Waals surface area (Å²) in [6.45, 7) is 0.576. The van der Waals surface area contributed by atoms with Gasteiger partial charge < -0.3 is 9.88 Å². The molecule has 3 aromatic carbocycles. The summed E-state index contributed by atoms with van der Waals surface area (Å²) in [5.41, 5.74) is 1.85. The Morgan fingerprint density at radius 2 is 1.70 bits per heavy atom. The summed E-state index contributed by atoms with van der Waals surface area (Å²) in [6.07, 6.45) is 0.784. The molecule has 4 aromatic rings. The van der Waals surface area contributed by atoms with Crippen LogP contribution in [0.5, 0.6) is 0 Å².